The lowest BCUT2D eigenvalue weighted by Gasteiger charge is -2.08. The highest BCUT2D eigenvalue weighted by Gasteiger charge is 2.05. The van der Waals surface area contributed by atoms with E-state index in [9.17, 15) is 4.79 Å². The Morgan fingerprint density at radius 3 is 1.90 bits per heavy atom. The molecule has 5 rings (SSSR count). The van der Waals surface area contributed by atoms with E-state index in [1.807, 2.05) is 26.0 Å². The van der Waals surface area contributed by atoms with Gasteiger partial charge in [-0.05, 0) is 56.6 Å². The molecule has 144 valence electrons. The van der Waals surface area contributed by atoms with Crippen LogP contribution >= 0.6 is 0 Å². The number of fused-ring (bicyclic) bond motifs is 5. The molecule has 0 bridgehead atoms. The van der Waals surface area contributed by atoms with Gasteiger partial charge in [0, 0.05) is 16.7 Å². The van der Waals surface area contributed by atoms with Crippen molar-refractivity contribution in [3.8, 4) is 11.8 Å². The van der Waals surface area contributed by atoms with E-state index in [1.165, 1.54) is 32.3 Å². The Morgan fingerprint density at radius 2 is 1.17 bits per heavy atom. The van der Waals surface area contributed by atoms with Crippen molar-refractivity contribution >= 4 is 38.6 Å². The maximum Gasteiger partial charge on any atom is 0.150 e. The van der Waals surface area contributed by atoms with Crippen molar-refractivity contribution in [2.24, 2.45) is 0 Å². The molecule has 0 amide bonds. The average Bonchev–Trinajstić information content (AvgIpc) is 2.83. The third kappa shape index (κ3) is 3.69. The molecule has 1 nitrogen and oxygen atoms in total. The largest absolute Gasteiger partial charge is 0.298 e. The molecule has 0 radical (unpaired) electrons. The molecule has 0 unspecified atom stereocenters. The van der Waals surface area contributed by atoms with Crippen molar-refractivity contribution in [2.45, 2.75) is 13.8 Å². The van der Waals surface area contributed by atoms with Crippen LogP contribution in [0.4, 0.5) is 0 Å². The maximum absolute atomic E-state index is 10.8. The van der Waals surface area contributed by atoms with E-state index in [2.05, 4.69) is 78.6 Å². The fourth-order valence-corrected chi connectivity index (χ4v) is 3.69. The second-order valence-corrected chi connectivity index (χ2v) is 6.88. The molecule has 0 fully saturated rings. The van der Waals surface area contributed by atoms with Gasteiger partial charge in [-0.15, -0.1) is 0 Å². The highest BCUT2D eigenvalue weighted by Crippen LogP contribution is 2.32. The highest BCUT2D eigenvalue weighted by atomic mass is 16.1. The Balaban J connectivity index is 0.00000106. The molecule has 0 aromatic heterocycles. The Morgan fingerprint density at radius 1 is 0.600 bits per heavy atom. The van der Waals surface area contributed by atoms with Crippen molar-refractivity contribution in [1.29, 1.82) is 0 Å². The topological polar surface area (TPSA) is 17.1 Å². The van der Waals surface area contributed by atoms with Gasteiger partial charge < -0.3 is 0 Å². The van der Waals surface area contributed by atoms with Crippen LogP contribution in [0.25, 0.3) is 32.3 Å². The first kappa shape index (κ1) is 19.4. The van der Waals surface area contributed by atoms with Gasteiger partial charge in [0.15, 0.2) is 0 Å². The molecule has 1 heteroatoms. The molecule has 0 saturated heterocycles. The van der Waals surface area contributed by atoms with E-state index in [-0.39, 0.29) is 0 Å². The summed E-state index contributed by atoms with van der Waals surface area (Å²) in [6, 6.07) is 30.9. The fourth-order valence-electron chi connectivity index (χ4n) is 3.69. The summed E-state index contributed by atoms with van der Waals surface area (Å²) in [6.45, 7) is 4.00. The molecule has 0 atom stereocenters. The van der Waals surface area contributed by atoms with Crippen molar-refractivity contribution in [2.75, 3.05) is 0 Å². The van der Waals surface area contributed by atoms with E-state index in [0.29, 0.717) is 5.56 Å². The lowest BCUT2D eigenvalue weighted by Crippen LogP contribution is -1.83. The van der Waals surface area contributed by atoms with Crippen LogP contribution < -0.4 is 0 Å². The zero-order valence-corrected chi connectivity index (χ0v) is 17.1. The molecule has 5 aromatic rings. The summed E-state index contributed by atoms with van der Waals surface area (Å²) >= 11 is 0. The van der Waals surface area contributed by atoms with Gasteiger partial charge in [0.2, 0.25) is 0 Å². The number of aldehydes is 1. The summed E-state index contributed by atoms with van der Waals surface area (Å²) < 4.78 is 0. The van der Waals surface area contributed by atoms with Crippen LogP contribution in [0, 0.1) is 11.8 Å². The second-order valence-electron chi connectivity index (χ2n) is 6.88. The summed E-state index contributed by atoms with van der Waals surface area (Å²) in [5.41, 5.74) is 2.54. The van der Waals surface area contributed by atoms with Crippen LogP contribution in [-0.2, 0) is 0 Å². The summed E-state index contributed by atoms with van der Waals surface area (Å²) in [5.74, 6) is 6.46. The first-order valence-electron chi connectivity index (χ1n) is 10.2. The summed E-state index contributed by atoms with van der Waals surface area (Å²) in [6.07, 6.45) is 0.843. The van der Waals surface area contributed by atoms with Crippen LogP contribution in [0.2, 0.25) is 0 Å². The van der Waals surface area contributed by atoms with Crippen molar-refractivity contribution in [3.05, 3.63) is 108 Å². The van der Waals surface area contributed by atoms with E-state index >= 15 is 0 Å². The van der Waals surface area contributed by atoms with Gasteiger partial charge in [-0.1, -0.05) is 92.4 Å². The lowest BCUT2D eigenvalue weighted by molar-refractivity contribution is 0.112. The van der Waals surface area contributed by atoms with Crippen LogP contribution in [-0.4, -0.2) is 6.29 Å². The van der Waals surface area contributed by atoms with Crippen LogP contribution in [0.3, 0.4) is 0 Å². The van der Waals surface area contributed by atoms with Gasteiger partial charge in [-0.25, -0.2) is 0 Å². The zero-order chi connectivity index (χ0) is 20.9. The minimum absolute atomic E-state index is 0.662. The Labute approximate surface area is 177 Å². The van der Waals surface area contributed by atoms with E-state index in [0.717, 1.165) is 17.4 Å². The van der Waals surface area contributed by atoms with Gasteiger partial charge in [0.05, 0.1) is 0 Å². The van der Waals surface area contributed by atoms with Crippen molar-refractivity contribution in [1.82, 2.24) is 0 Å². The minimum Gasteiger partial charge on any atom is -0.298 e. The lowest BCUT2D eigenvalue weighted by atomic mass is 9.95. The standard InChI is InChI=1S/C27H16O.C2H6/c28-18-21-9-6-19(7-10-21)5-8-20-11-12-23-14-16-24-15-13-22-3-1-2-4-25(22)27(24)26(23)17-20;1-2/h1-4,6-7,9-18H;1-2H3. The third-order valence-electron chi connectivity index (χ3n) is 5.12. The predicted octanol–water partition coefficient (Wildman–Crippen LogP) is 7.38. The van der Waals surface area contributed by atoms with E-state index in [4.69, 9.17) is 0 Å². The second kappa shape index (κ2) is 8.64. The minimum atomic E-state index is 0.662. The van der Waals surface area contributed by atoms with Crippen molar-refractivity contribution in [3.63, 3.8) is 0 Å². The predicted molar refractivity (Wildman–Crippen MR) is 128 cm³/mol. The SMILES string of the molecule is CC.O=Cc1ccc(C#Cc2ccc3ccc4ccc5ccccc5c4c3c2)cc1. The van der Waals surface area contributed by atoms with Gasteiger partial charge in [-0.3, -0.25) is 4.79 Å². The maximum atomic E-state index is 10.8. The van der Waals surface area contributed by atoms with E-state index < -0.39 is 0 Å². The molecule has 0 N–H and O–H groups in total. The number of benzene rings is 5. The van der Waals surface area contributed by atoms with Crippen molar-refractivity contribution < 1.29 is 4.79 Å². The molecule has 0 saturated carbocycles. The Hall–Kier alpha value is -3.89. The molecule has 0 spiro atoms. The van der Waals surface area contributed by atoms with Crippen LogP contribution in [0.15, 0.2) is 91.0 Å². The normalized spacial score (nSPS) is 10.2. The third-order valence-corrected chi connectivity index (χ3v) is 5.12. The average molecular weight is 386 g/mol. The van der Waals surface area contributed by atoms with Gasteiger partial charge in [-0.2, -0.15) is 0 Å². The molecular weight excluding hydrogens is 364 g/mol. The van der Waals surface area contributed by atoms with Gasteiger partial charge >= 0.3 is 0 Å². The number of carbonyl (C=O) groups is 1. The molecule has 0 heterocycles. The van der Waals surface area contributed by atoms with Gasteiger partial charge in [0.25, 0.3) is 0 Å². The highest BCUT2D eigenvalue weighted by molar-refractivity contribution is 6.20. The smallest absolute Gasteiger partial charge is 0.150 e. The van der Waals surface area contributed by atoms with Gasteiger partial charge in [0.1, 0.15) is 6.29 Å². The fraction of sp³-hybridized carbons (Fsp3) is 0.0690. The Bertz CT molecular complexity index is 1410. The van der Waals surface area contributed by atoms with Crippen LogP contribution in [0.5, 0.6) is 0 Å². The molecule has 5 aromatic carbocycles. The molecule has 0 aliphatic carbocycles. The summed E-state index contributed by atoms with van der Waals surface area (Å²) in [4.78, 5) is 10.8. The summed E-state index contributed by atoms with van der Waals surface area (Å²) in [5, 5.41) is 7.45. The molecule has 30 heavy (non-hydrogen) atoms. The number of carbonyl (C=O) groups excluding carboxylic acids is 1. The van der Waals surface area contributed by atoms with E-state index in [1.54, 1.807) is 12.1 Å². The monoisotopic (exact) mass is 386 g/mol. The quantitative estimate of drug-likeness (QED) is 0.167. The number of rotatable bonds is 1. The molecule has 0 aliphatic rings. The summed E-state index contributed by atoms with van der Waals surface area (Å²) in [7, 11) is 0. The zero-order valence-electron chi connectivity index (χ0n) is 17.1. The molecular formula is C29H22O. The Kier molecular flexibility index (Phi) is 5.59. The number of hydrogen-bond acceptors (Lipinski definition) is 1. The van der Waals surface area contributed by atoms with Crippen LogP contribution in [0.1, 0.15) is 35.3 Å². The number of hydrogen-bond donors (Lipinski definition) is 0. The molecule has 0 aliphatic heterocycles. The first-order chi connectivity index (χ1) is 14.8. The first-order valence-corrected chi connectivity index (χ1v) is 10.2.